The second-order valence-corrected chi connectivity index (χ2v) is 5.39. The normalized spacial score (nSPS) is 29.9. The first-order valence-electron chi connectivity index (χ1n) is 7.22. The Kier molecular flexibility index (Phi) is 6.09. The van der Waals surface area contributed by atoms with Crippen LogP contribution in [0.4, 0.5) is 0 Å². The van der Waals surface area contributed by atoms with Gasteiger partial charge in [-0.05, 0) is 45.4 Å². The van der Waals surface area contributed by atoms with E-state index in [1.165, 1.54) is 6.42 Å². The number of amides is 1. The van der Waals surface area contributed by atoms with Crippen LogP contribution in [0.25, 0.3) is 0 Å². The lowest BCUT2D eigenvalue weighted by Gasteiger charge is -2.40. The van der Waals surface area contributed by atoms with Gasteiger partial charge in [-0.1, -0.05) is 13.3 Å². The van der Waals surface area contributed by atoms with Crippen LogP contribution in [0.3, 0.4) is 0 Å². The van der Waals surface area contributed by atoms with Crippen LogP contribution in [-0.4, -0.2) is 30.7 Å². The highest BCUT2D eigenvalue weighted by Gasteiger charge is 2.37. The molecule has 1 aliphatic carbocycles. The number of likely N-dealkylation sites (N-methyl/N-ethyl adjacent to an activating group) is 1. The zero-order chi connectivity index (χ0) is 13.6. The van der Waals surface area contributed by atoms with Crippen molar-refractivity contribution in [3.8, 4) is 0 Å². The van der Waals surface area contributed by atoms with Gasteiger partial charge < -0.3 is 15.8 Å². The number of rotatable bonds is 6. The Morgan fingerprint density at radius 3 is 2.50 bits per heavy atom. The van der Waals surface area contributed by atoms with E-state index < -0.39 is 6.10 Å². The predicted molar refractivity (Wildman–Crippen MR) is 73.3 cm³/mol. The Hall–Kier alpha value is -0.610. The number of carbonyl (C=O) groups is 1. The first-order chi connectivity index (χ1) is 8.56. The third-order valence-corrected chi connectivity index (χ3v) is 4.11. The topological polar surface area (TPSA) is 64.3 Å². The largest absolute Gasteiger partial charge is 0.361 e. The average molecular weight is 256 g/mol. The maximum absolute atomic E-state index is 11.7. The van der Waals surface area contributed by atoms with E-state index in [1.807, 2.05) is 13.8 Å². The van der Waals surface area contributed by atoms with Gasteiger partial charge in [-0.15, -0.1) is 0 Å². The molecule has 1 amide bonds. The molecule has 3 N–H and O–H groups in total. The molecule has 1 unspecified atom stereocenters. The van der Waals surface area contributed by atoms with Gasteiger partial charge >= 0.3 is 0 Å². The van der Waals surface area contributed by atoms with Crippen LogP contribution >= 0.6 is 0 Å². The fourth-order valence-corrected chi connectivity index (χ4v) is 2.73. The number of ether oxygens (including phenoxy) is 1. The quantitative estimate of drug-likeness (QED) is 0.762. The summed E-state index contributed by atoms with van der Waals surface area (Å²) in [6.45, 7) is 7.11. The monoisotopic (exact) mass is 256 g/mol. The van der Waals surface area contributed by atoms with Gasteiger partial charge in [-0.25, -0.2) is 0 Å². The molecule has 0 aromatic rings. The Balaban J connectivity index is 2.53. The molecule has 106 valence electrons. The van der Waals surface area contributed by atoms with Crippen molar-refractivity contribution in [2.75, 3.05) is 13.1 Å². The Bertz CT molecular complexity index is 261. The van der Waals surface area contributed by atoms with Gasteiger partial charge in [0.25, 0.3) is 0 Å². The fourth-order valence-electron chi connectivity index (χ4n) is 2.73. The van der Waals surface area contributed by atoms with Gasteiger partial charge in [-0.3, -0.25) is 4.79 Å². The molecule has 1 fully saturated rings. The zero-order valence-electron chi connectivity index (χ0n) is 12.0. The highest BCUT2D eigenvalue weighted by Crippen LogP contribution is 2.36. The predicted octanol–water partition coefficient (Wildman–Crippen LogP) is 1.83. The van der Waals surface area contributed by atoms with E-state index in [0.29, 0.717) is 13.1 Å². The molecule has 1 aliphatic rings. The van der Waals surface area contributed by atoms with Gasteiger partial charge in [0.15, 0.2) is 0 Å². The van der Waals surface area contributed by atoms with Gasteiger partial charge in [0.1, 0.15) is 6.10 Å². The van der Waals surface area contributed by atoms with E-state index in [9.17, 15) is 4.79 Å². The highest BCUT2D eigenvalue weighted by molar-refractivity contribution is 5.80. The molecule has 0 aromatic carbocycles. The third kappa shape index (κ3) is 3.95. The minimum absolute atomic E-state index is 0.0389. The number of hydrogen-bond acceptors (Lipinski definition) is 3. The molecule has 0 bridgehead atoms. The summed E-state index contributed by atoms with van der Waals surface area (Å²) < 4.78 is 6.00. The summed E-state index contributed by atoms with van der Waals surface area (Å²) in [5, 5.41) is 2.79. The summed E-state index contributed by atoms with van der Waals surface area (Å²) in [5.74, 6) is 0.760. The van der Waals surface area contributed by atoms with Crippen LogP contribution in [-0.2, 0) is 9.53 Å². The van der Waals surface area contributed by atoms with E-state index in [2.05, 4.69) is 12.2 Å². The standard InChI is InChI=1S/C14H28N2O2/c1-4-12-6-8-14(10-15,9-7-12)18-11(3)13(17)16-5-2/h11-12H,4-10,15H2,1-3H3,(H,16,17). The molecule has 0 saturated heterocycles. The smallest absolute Gasteiger partial charge is 0.248 e. The van der Waals surface area contributed by atoms with Crippen LogP contribution in [0.1, 0.15) is 52.9 Å². The van der Waals surface area contributed by atoms with Crippen molar-refractivity contribution in [1.82, 2.24) is 5.32 Å². The maximum Gasteiger partial charge on any atom is 0.248 e. The van der Waals surface area contributed by atoms with E-state index in [0.717, 1.165) is 31.6 Å². The molecule has 1 saturated carbocycles. The van der Waals surface area contributed by atoms with Crippen molar-refractivity contribution in [3.05, 3.63) is 0 Å². The van der Waals surface area contributed by atoms with Crippen molar-refractivity contribution < 1.29 is 9.53 Å². The Labute approximate surface area is 111 Å². The molecule has 18 heavy (non-hydrogen) atoms. The van der Waals surface area contributed by atoms with Crippen molar-refractivity contribution in [3.63, 3.8) is 0 Å². The summed E-state index contributed by atoms with van der Waals surface area (Å²) in [4.78, 5) is 11.7. The van der Waals surface area contributed by atoms with Crippen LogP contribution in [0.2, 0.25) is 0 Å². The van der Waals surface area contributed by atoms with Gasteiger partial charge in [0.05, 0.1) is 5.60 Å². The Morgan fingerprint density at radius 1 is 1.44 bits per heavy atom. The number of nitrogens with one attached hydrogen (secondary N) is 1. The van der Waals surface area contributed by atoms with Crippen LogP contribution in [0.15, 0.2) is 0 Å². The molecular formula is C14H28N2O2. The molecule has 1 atom stereocenters. The van der Waals surface area contributed by atoms with Gasteiger partial charge in [-0.2, -0.15) is 0 Å². The van der Waals surface area contributed by atoms with Crippen molar-refractivity contribution in [1.29, 1.82) is 0 Å². The average Bonchev–Trinajstić information content (AvgIpc) is 2.39. The number of hydrogen-bond donors (Lipinski definition) is 2. The summed E-state index contributed by atoms with van der Waals surface area (Å²) in [7, 11) is 0. The van der Waals surface area contributed by atoms with E-state index >= 15 is 0 Å². The van der Waals surface area contributed by atoms with E-state index in [4.69, 9.17) is 10.5 Å². The lowest BCUT2D eigenvalue weighted by molar-refractivity contribution is -0.150. The Morgan fingerprint density at radius 2 is 2.06 bits per heavy atom. The molecule has 0 aromatic heterocycles. The minimum Gasteiger partial charge on any atom is -0.361 e. The first kappa shape index (κ1) is 15.4. The molecule has 4 heteroatoms. The second kappa shape index (κ2) is 7.10. The van der Waals surface area contributed by atoms with Crippen molar-refractivity contribution in [2.45, 2.75) is 64.6 Å². The van der Waals surface area contributed by atoms with Crippen LogP contribution < -0.4 is 11.1 Å². The van der Waals surface area contributed by atoms with E-state index in [-0.39, 0.29) is 11.5 Å². The van der Waals surface area contributed by atoms with Crippen molar-refractivity contribution in [2.24, 2.45) is 11.7 Å². The molecule has 0 aliphatic heterocycles. The molecule has 0 radical (unpaired) electrons. The summed E-state index contributed by atoms with van der Waals surface area (Å²) in [5.41, 5.74) is 5.61. The second-order valence-electron chi connectivity index (χ2n) is 5.39. The van der Waals surface area contributed by atoms with Crippen molar-refractivity contribution >= 4 is 5.91 Å². The molecule has 0 heterocycles. The van der Waals surface area contributed by atoms with E-state index in [1.54, 1.807) is 0 Å². The highest BCUT2D eigenvalue weighted by atomic mass is 16.5. The van der Waals surface area contributed by atoms with Gasteiger partial charge in [0.2, 0.25) is 5.91 Å². The number of carbonyl (C=O) groups excluding carboxylic acids is 1. The summed E-state index contributed by atoms with van der Waals surface area (Å²) in [6.07, 6.45) is 5.10. The molecule has 0 spiro atoms. The lowest BCUT2D eigenvalue weighted by Crippen LogP contribution is -2.49. The van der Waals surface area contributed by atoms with Crippen LogP contribution in [0, 0.1) is 5.92 Å². The third-order valence-electron chi connectivity index (χ3n) is 4.11. The molecule has 4 nitrogen and oxygen atoms in total. The lowest BCUT2D eigenvalue weighted by atomic mass is 9.77. The SMILES string of the molecule is CCNC(=O)C(C)OC1(CN)CCC(CC)CC1. The zero-order valence-corrected chi connectivity index (χ0v) is 12.0. The molecular weight excluding hydrogens is 228 g/mol. The maximum atomic E-state index is 11.7. The van der Waals surface area contributed by atoms with Crippen LogP contribution in [0.5, 0.6) is 0 Å². The first-order valence-corrected chi connectivity index (χ1v) is 7.22. The molecule has 1 rings (SSSR count). The van der Waals surface area contributed by atoms with Gasteiger partial charge in [0, 0.05) is 13.1 Å². The number of nitrogens with two attached hydrogens (primary N) is 1. The summed E-state index contributed by atoms with van der Waals surface area (Å²) in [6, 6.07) is 0. The summed E-state index contributed by atoms with van der Waals surface area (Å²) >= 11 is 0. The minimum atomic E-state index is -0.410. The fraction of sp³-hybridized carbons (Fsp3) is 0.929.